The van der Waals surface area contributed by atoms with E-state index in [2.05, 4.69) is 26.8 Å². The van der Waals surface area contributed by atoms with E-state index in [1.807, 2.05) is 0 Å². The van der Waals surface area contributed by atoms with Crippen molar-refractivity contribution in [3.8, 4) is 0 Å². The van der Waals surface area contributed by atoms with Gasteiger partial charge in [-0.05, 0) is 36.8 Å². The van der Waals surface area contributed by atoms with Crippen LogP contribution < -0.4 is 5.73 Å². The van der Waals surface area contributed by atoms with Crippen LogP contribution in [0.25, 0.3) is 10.9 Å². The zero-order valence-corrected chi connectivity index (χ0v) is 12.9. The van der Waals surface area contributed by atoms with Gasteiger partial charge in [-0.1, -0.05) is 0 Å². The number of aromatic nitrogens is 3. The Hall–Kier alpha value is -2.47. The van der Waals surface area contributed by atoms with Crippen LogP contribution in [0.15, 0.2) is 30.5 Å². The maximum absolute atomic E-state index is 13.6. The summed E-state index contributed by atoms with van der Waals surface area (Å²) in [5.74, 6) is 0.997. The van der Waals surface area contributed by atoms with Crippen molar-refractivity contribution in [1.29, 1.82) is 0 Å². The zero-order chi connectivity index (χ0) is 16.0. The van der Waals surface area contributed by atoms with E-state index in [9.17, 15) is 4.39 Å². The topological polar surface area (TPSA) is 70.8 Å². The molecule has 1 atom stereocenters. The number of halogens is 1. The molecular weight excluding hydrogens is 293 g/mol. The summed E-state index contributed by atoms with van der Waals surface area (Å²) >= 11 is 0. The predicted molar refractivity (Wildman–Crippen MR) is 87.2 cm³/mol. The van der Waals surface area contributed by atoms with Gasteiger partial charge in [0, 0.05) is 42.3 Å². The first kappa shape index (κ1) is 14.1. The molecule has 0 fully saturated rings. The molecule has 3 aromatic rings. The van der Waals surface area contributed by atoms with Crippen molar-refractivity contribution in [3.63, 3.8) is 0 Å². The van der Waals surface area contributed by atoms with Gasteiger partial charge in [-0.2, -0.15) is 0 Å². The number of aromatic amines is 1. The van der Waals surface area contributed by atoms with Crippen LogP contribution in [0.3, 0.4) is 0 Å². The summed E-state index contributed by atoms with van der Waals surface area (Å²) in [6.45, 7) is 3.73. The van der Waals surface area contributed by atoms with Gasteiger partial charge >= 0.3 is 0 Å². The molecule has 5 nitrogen and oxygen atoms in total. The van der Waals surface area contributed by atoms with Gasteiger partial charge in [0.15, 0.2) is 0 Å². The number of fused-ring (bicyclic) bond motifs is 3. The van der Waals surface area contributed by atoms with E-state index in [1.54, 1.807) is 24.4 Å². The molecule has 0 saturated heterocycles. The average Bonchev–Trinajstić information content (AvgIpc) is 2.91. The molecular formula is C17H18FN5. The molecule has 1 aliphatic rings. The van der Waals surface area contributed by atoms with Crippen LogP contribution in [-0.2, 0) is 13.0 Å². The van der Waals surface area contributed by atoms with Crippen LogP contribution in [0.5, 0.6) is 0 Å². The third kappa shape index (κ3) is 2.45. The SMILES string of the molecule is C[C@H](c1nccc(N)n1)N1CCc2[nH]c3ccc(F)cc3c2C1. The molecule has 0 saturated carbocycles. The number of hydrogen-bond acceptors (Lipinski definition) is 4. The summed E-state index contributed by atoms with van der Waals surface area (Å²) in [4.78, 5) is 14.4. The van der Waals surface area contributed by atoms with Gasteiger partial charge in [-0.15, -0.1) is 0 Å². The van der Waals surface area contributed by atoms with Crippen molar-refractivity contribution in [2.45, 2.75) is 25.9 Å². The highest BCUT2D eigenvalue weighted by molar-refractivity contribution is 5.85. The summed E-state index contributed by atoms with van der Waals surface area (Å²) in [5.41, 5.74) is 9.12. The molecule has 0 bridgehead atoms. The van der Waals surface area contributed by atoms with Crippen LogP contribution in [0.4, 0.5) is 10.2 Å². The minimum atomic E-state index is -0.205. The van der Waals surface area contributed by atoms with Crippen molar-refractivity contribution in [2.24, 2.45) is 0 Å². The third-order valence-electron chi connectivity index (χ3n) is 4.58. The van der Waals surface area contributed by atoms with Crippen LogP contribution in [0.1, 0.15) is 30.0 Å². The molecule has 0 radical (unpaired) electrons. The van der Waals surface area contributed by atoms with Gasteiger partial charge < -0.3 is 10.7 Å². The second-order valence-electron chi connectivity index (χ2n) is 6.01. The summed E-state index contributed by atoms with van der Waals surface area (Å²) in [6, 6.07) is 6.65. The molecule has 4 rings (SSSR count). The number of nitrogens with two attached hydrogens (primary N) is 1. The van der Waals surface area contributed by atoms with Crippen molar-refractivity contribution in [2.75, 3.05) is 12.3 Å². The molecule has 23 heavy (non-hydrogen) atoms. The number of nitrogen functional groups attached to an aromatic ring is 1. The molecule has 6 heteroatoms. The van der Waals surface area contributed by atoms with Crippen molar-refractivity contribution in [1.82, 2.24) is 19.9 Å². The zero-order valence-electron chi connectivity index (χ0n) is 12.9. The lowest BCUT2D eigenvalue weighted by atomic mass is 10.0. The standard InChI is InChI=1S/C17H18FN5/c1-10(17-20-6-4-16(19)22-17)23-7-5-15-13(9-23)12-8-11(18)2-3-14(12)21-15/h2-4,6,8,10,21H,5,7,9H2,1H3,(H2,19,20,22)/t10-/m1/s1. The average molecular weight is 311 g/mol. The Morgan fingerprint density at radius 1 is 1.35 bits per heavy atom. The smallest absolute Gasteiger partial charge is 0.147 e. The first-order chi connectivity index (χ1) is 11.1. The van der Waals surface area contributed by atoms with E-state index in [1.165, 1.54) is 17.3 Å². The maximum Gasteiger partial charge on any atom is 0.147 e. The fourth-order valence-electron chi connectivity index (χ4n) is 3.29. The Morgan fingerprint density at radius 3 is 3.04 bits per heavy atom. The van der Waals surface area contributed by atoms with Gasteiger partial charge in [0.2, 0.25) is 0 Å². The fourth-order valence-corrected chi connectivity index (χ4v) is 3.29. The second-order valence-corrected chi connectivity index (χ2v) is 6.01. The first-order valence-corrected chi connectivity index (χ1v) is 7.73. The highest BCUT2D eigenvalue weighted by Crippen LogP contribution is 2.31. The van der Waals surface area contributed by atoms with Crippen molar-refractivity contribution >= 4 is 16.7 Å². The van der Waals surface area contributed by atoms with Gasteiger partial charge in [-0.3, -0.25) is 4.90 Å². The molecule has 0 amide bonds. The Morgan fingerprint density at radius 2 is 2.22 bits per heavy atom. The lowest BCUT2D eigenvalue weighted by Crippen LogP contribution is -2.33. The Bertz CT molecular complexity index is 873. The molecule has 0 unspecified atom stereocenters. The predicted octanol–water partition coefficient (Wildman–Crippen LogP) is 2.80. The van der Waals surface area contributed by atoms with Gasteiger partial charge in [0.05, 0.1) is 6.04 Å². The fraction of sp³-hybridized carbons (Fsp3) is 0.294. The van der Waals surface area contributed by atoms with E-state index in [0.717, 1.165) is 36.2 Å². The highest BCUT2D eigenvalue weighted by atomic mass is 19.1. The number of anilines is 1. The minimum absolute atomic E-state index is 0.0603. The molecule has 2 aromatic heterocycles. The Balaban J connectivity index is 1.68. The third-order valence-corrected chi connectivity index (χ3v) is 4.58. The largest absolute Gasteiger partial charge is 0.384 e. The van der Waals surface area contributed by atoms with E-state index in [0.29, 0.717) is 5.82 Å². The van der Waals surface area contributed by atoms with Crippen LogP contribution in [0, 0.1) is 5.82 Å². The number of hydrogen-bond donors (Lipinski definition) is 2. The monoisotopic (exact) mass is 311 g/mol. The number of rotatable bonds is 2. The van der Waals surface area contributed by atoms with Crippen molar-refractivity contribution in [3.05, 3.63) is 53.4 Å². The first-order valence-electron chi connectivity index (χ1n) is 7.73. The van der Waals surface area contributed by atoms with Crippen LogP contribution >= 0.6 is 0 Å². The number of nitrogens with one attached hydrogen (secondary N) is 1. The van der Waals surface area contributed by atoms with Crippen LogP contribution in [-0.4, -0.2) is 26.4 Å². The summed E-state index contributed by atoms with van der Waals surface area (Å²) in [6.07, 6.45) is 2.59. The van der Waals surface area contributed by atoms with Crippen molar-refractivity contribution < 1.29 is 4.39 Å². The van der Waals surface area contributed by atoms with Crippen LogP contribution in [0.2, 0.25) is 0 Å². The van der Waals surface area contributed by atoms with Gasteiger partial charge in [0.25, 0.3) is 0 Å². The molecule has 0 spiro atoms. The molecule has 118 valence electrons. The molecule has 1 aliphatic heterocycles. The lowest BCUT2D eigenvalue weighted by Gasteiger charge is -2.31. The number of nitrogens with zero attached hydrogens (tertiary/aromatic N) is 3. The lowest BCUT2D eigenvalue weighted by molar-refractivity contribution is 0.185. The minimum Gasteiger partial charge on any atom is -0.384 e. The summed E-state index contributed by atoms with van der Waals surface area (Å²) in [5, 5.41) is 0.963. The Kier molecular flexibility index (Phi) is 3.27. The maximum atomic E-state index is 13.6. The van der Waals surface area contributed by atoms with E-state index in [-0.39, 0.29) is 11.9 Å². The molecule has 3 heterocycles. The number of H-pyrrole nitrogens is 1. The van der Waals surface area contributed by atoms with E-state index < -0.39 is 0 Å². The second kappa shape index (κ2) is 5.31. The summed E-state index contributed by atoms with van der Waals surface area (Å²) < 4.78 is 13.6. The Labute approximate surface area is 133 Å². The van der Waals surface area contributed by atoms with Gasteiger partial charge in [0.1, 0.15) is 17.5 Å². The van der Waals surface area contributed by atoms with E-state index >= 15 is 0 Å². The quantitative estimate of drug-likeness (QED) is 0.763. The van der Waals surface area contributed by atoms with E-state index in [4.69, 9.17) is 5.73 Å². The summed E-state index contributed by atoms with van der Waals surface area (Å²) in [7, 11) is 0. The molecule has 0 aliphatic carbocycles. The van der Waals surface area contributed by atoms with Gasteiger partial charge in [-0.25, -0.2) is 14.4 Å². The number of benzene rings is 1. The molecule has 3 N–H and O–H groups in total. The normalized spacial score (nSPS) is 16.4. The molecule has 1 aromatic carbocycles. The highest BCUT2D eigenvalue weighted by Gasteiger charge is 2.26.